The van der Waals surface area contributed by atoms with Gasteiger partial charge in [-0.3, -0.25) is 4.79 Å². The first-order valence-corrected chi connectivity index (χ1v) is 8.68. The van der Waals surface area contributed by atoms with Crippen LogP contribution in [-0.2, 0) is 11.2 Å². The van der Waals surface area contributed by atoms with Gasteiger partial charge in [-0.25, -0.2) is 9.97 Å². The number of aromatic amines is 1. The molecule has 4 rings (SSSR count). The summed E-state index contributed by atoms with van der Waals surface area (Å²) in [5.41, 5.74) is 4.03. The van der Waals surface area contributed by atoms with Gasteiger partial charge in [-0.2, -0.15) is 15.4 Å². The van der Waals surface area contributed by atoms with Gasteiger partial charge in [-0.1, -0.05) is 0 Å². The standard InChI is InChI=1S/C18H20N6O2/c1-12-8-14(20-11-19-12)3-4-15-10-24(6-7-26-15)18(25)13-2-5-16-17(9-13)22-23-21-16/h2,5,8-9,11,15H,3-4,6-7,10H2,1H3,(H,21,22,23). The van der Waals surface area contributed by atoms with Crippen LogP contribution in [-0.4, -0.2) is 62.0 Å². The molecule has 1 aromatic carbocycles. The number of nitrogens with one attached hydrogen (secondary N) is 1. The van der Waals surface area contributed by atoms with Gasteiger partial charge in [-0.15, -0.1) is 0 Å². The van der Waals surface area contributed by atoms with Crippen molar-refractivity contribution in [3.63, 3.8) is 0 Å². The Labute approximate surface area is 150 Å². The van der Waals surface area contributed by atoms with Crippen molar-refractivity contribution in [1.29, 1.82) is 0 Å². The number of aryl methyl sites for hydroxylation is 2. The molecule has 8 heteroatoms. The van der Waals surface area contributed by atoms with Crippen molar-refractivity contribution in [3.05, 3.63) is 47.5 Å². The van der Waals surface area contributed by atoms with Crippen LogP contribution in [0.15, 0.2) is 30.6 Å². The largest absolute Gasteiger partial charge is 0.375 e. The second-order valence-corrected chi connectivity index (χ2v) is 6.46. The van der Waals surface area contributed by atoms with Crippen LogP contribution in [0.4, 0.5) is 0 Å². The topological polar surface area (TPSA) is 96.9 Å². The summed E-state index contributed by atoms with van der Waals surface area (Å²) in [7, 11) is 0. The Kier molecular flexibility index (Phi) is 4.57. The van der Waals surface area contributed by atoms with E-state index in [2.05, 4.69) is 25.4 Å². The number of nitrogens with zero attached hydrogens (tertiary/aromatic N) is 5. The molecular formula is C18H20N6O2. The minimum atomic E-state index is 0.00100. The van der Waals surface area contributed by atoms with Gasteiger partial charge < -0.3 is 9.64 Å². The number of hydrogen-bond acceptors (Lipinski definition) is 6. The van der Waals surface area contributed by atoms with E-state index in [1.165, 1.54) is 0 Å². The highest BCUT2D eigenvalue weighted by Crippen LogP contribution is 2.17. The molecule has 1 atom stereocenters. The zero-order valence-electron chi connectivity index (χ0n) is 14.6. The first kappa shape index (κ1) is 16.6. The second kappa shape index (κ2) is 7.17. The molecule has 1 N–H and O–H groups in total. The van der Waals surface area contributed by atoms with Crippen molar-refractivity contribution in [2.45, 2.75) is 25.9 Å². The number of ether oxygens (including phenoxy) is 1. The first-order valence-electron chi connectivity index (χ1n) is 8.68. The molecule has 26 heavy (non-hydrogen) atoms. The average Bonchev–Trinajstić information content (AvgIpc) is 3.14. The Morgan fingerprint density at radius 3 is 3.04 bits per heavy atom. The van der Waals surface area contributed by atoms with Gasteiger partial charge in [0.05, 0.1) is 12.7 Å². The number of amides is 1. The number of H-pyrrole nitrogens is 1. The van der Waals surface area contributed by atoms with E-state index in [9.17, 15) is 4.79 Å². The molecule has 1 fully saturated rings. The van der Waals surface area contributed by atoms with Crippen molar-refractivity contribution < 1.29 is 9.53 Å². The van der Waals surface area contributed by atoms with E-state index in [1.54, 1.807) is 24.5 Å². The van der Waals surface area contributed by atoms with E-state index in [0.29, 0.717) is 30.8 Å². The number of aromatic nitrogens is 5. The Morgan fingerprint density at radius 1 is 1.27 bits per heavy atom. The molecule has 1 unspecified atom stereocenters. The van der Waals surface area contributed by atoms with E-state index in [-0.39, 0.29) is 12.0 Å². The normalized spacial score (nSPS) is 17.6. The third-order valence-electron chi connectivity index (χ3n) is 4.57. The molecule has 0 spiro atoms. The van der Waals surface area contributed by atoms with Gasteiger partial charge in [0, 0.05) is 30.0 Å². The molecule has 0 saturated carbocycles. The molecule has 1 saturated heterocycles. The van der Waals surface area contributed by atoms with Gasteiger partial charge in [0.2, 0.25) is 0 Å². The maximum Gasteiger partial charge on any atom is 0.254 e. The lowest BCUT2D eigenvalue weighted by Crippen LogP contribution is -2.45. The van der Waals surface area contributed by atoms with E-state index >= 15 is 0 Å². The van der Waals surface area contributed by atoms with E-state index in [4.69, 9.17) is 4.74 Å². The number of rotatable bonds is 4. The molecule has 0 aliphatic carbocycles. The number of carbonyl (C=O) groups excluding carboxylic acids is 1. The number of benzene rings is 1. The quantitative estimate of drug-likeness (QED) is 0.765. The molecule has 1 aliphatic rings. The molecule has 3 aromatic rings. The SMILES string of the molecule is Cc1cc(CCC2CN(C(=O)c3ccc4n[nH]nc4c3)CCO2)ncn1. The fourth-order valence-electron chi connectivity index (χ4n) is 3.19. The zero-order chi connectivity index (χ0) is 17.9. The fourth-order valence-corrected chi connectivity index (χ4v) is 3.19. The smallest absolute Gasteiger partial charge is 0.254 e. The summed E-state index contributed by atoms with van der Waals surface area (Å²) in [5.74, 6) is 0.00100. The summed E-state index contributed by atoms with van der Waals surface area (Å²) in [6, 6.07) is 7.36. The molecule has 3 heterocycles. The first-order chi connectivity index (χ1) is 12.7. The average molecular weight is 352 g/mol. The summed E-state index contributed by atoms with van der Waals surface area (Å²) < 4.78 is 5.84. The molecule has 1 amide bonds. The van der Waals surface area contributed by atoms with Crippen molar-refractivity contribution in [3.8, 4) is 0 Å². The lowest BCUT2D eigenvalue weighted by Gasteiger charge is -2.33. The van der Waals surface area contributed by atoms with Gasteiger partial charge in [0.25, 0.3) is 5.91 Å². The van der Waals surface area contributed by atoms with Crippen molar-refractivity contribution in [2.24, 2.45) is 0 Å². The van der Waals surface area contributed by atoms with Gasteiger partial charge in [0.1, 0.15) is 17.4 Å². The number of fused-ring (bicyclic) bond motifs is 1. The maximum absolute atomic E-state index is 12.8. The Hall–Kier alpha value is -2.87. The highest BCUT2D eigenvalue weighted by Gasteiger charge is 2.25. The van der Waals surface area contributed by atoms with Crippen LogP contribution < -0.4 is 0 Å². The van der Waals surface area contributed by atoms with Gasteiger partial charge >= 0.3 is 0 Å². The Morgan fingerprint density at radius 2 is 2.15 bits per heavy atom. The summed E-state index contributed by atoms with van der Waals surface area (Å²) in [4.78, 5) is 23.1. The van der Waals surface area contributed by atoms with Crippen LogP contribution >= 0.6 is 0 Å². The monoisotopic (exact) mass is 352 g/mol. The summed E-state index contributed by atoms with van der Waals surface area (Å²) in [5, 5.41) is 10.6. The minimum Gasteiger partial charge on any atom is -0.375 e. The van der Waals surface area contributed by atoms with E-state index in [0.717, 1.165) is 29.7 Å². The van der Waals surface area contributed by atoms with Crippen LogP contribution in [0.5, 0.6) is 0 Å². The molecule has 0 radical (unpaired) electrons. The third-order valence-corrected chi connectivity index (χ3v) is 4.57. The van der Waals surface area contributed by atoms with E-state index < -0.39 is 0 Å². The van der Waals surface area contributed by atoms with Crippen molar-refractivity contribution in [1.82, 2.24) is 30.3 Å². The van der Waals surface area contributed by atoms with Crippen LogP contribution in [0, 0.1) is 6.92 Å². The lowest BCUT2D eigenvalue weighted by atomic mass is 10.1. The fraction of sp³-hybridized carbons (Fsp3) is 0.389. The highest BCUT2D eigenvalue weighted by atomic mass is 16.5. The number of carbonyl (C=O) groups is 1. The van der Waals surface area contributed by atoms with Crippen LogP contribution in [0.2, 0.25) is 0 Å². The third kappa shape index (κ3) is 3.55. The van der Waals surface area contributed by atoms with Crippen LogP contribution in [0.1, 0.15) is 28.2 Å². The van der Waals surface area contributed by atoms with Crippen molar-refractivity contribution >= 4 is 16.9 Å². The summed E-state index contributed by atoms with van der Waals surface area (Å²) in [6.07, 6.45) is 3.23. The minimum absolute atomic E-state index is 0.00100. The van der Waals surface area contributed by atoms with Gasteiger partial charge in [-0.05, 0) is 44.0 Å². The number of morpholine rings is 1. The molecule has 0 bridgehead atoms. The molecule has 8 nitrogen and oxygen atoms in total. The van der Waals surface area contributed by atoms with Crippen LogP contribution in [0.3, 0.4) is 0 Å². The second-order valence-electron chi connectivity index (χ2n) is 6.46. The molecule has 1 aliphatic heterocycles. The van der Waals surface area contributed by atoms with Crippen LogP contribution in [0.25, 0.3) is 11.0 Å². The number of hydrogen-bond donors (Lipinski definition) is 1. The summed E-state index contributed by atoms with van der Waals surface area (Å²) >= 11 is 0. The predicted molar refractivity (Wildman–Crippen MR) is 94.6 cm³/mol. The Balaban J connectivity index is 1.40. The Bertz CT molecular complexity index is 925. The molecular weight excluding hydrogens is 332 g/mol. The lowest BCUT2D eigenvalue weighted by molar-refractivity contribution is -0.0246. The maximum atomic E-state index is 12.8. The highest BCUT2D eigenvalue weighted by molar-refractivity contribution is 5.97. The predicted octanol–water partition coefficient (Wildman–Crippen LogP) is 1.53. The summed E-state index contributed by atoms with van der Waals surface area (Å²) in [6.45, 7) is 3.68. The molecule has 134 valence electrons. The van der Waals surface area contributed by atoms with Gasteiger partial charge in [0.15, 0.2) is 0 Å². The molecule has 2 aromatic heterocycles. The van der Waals surface area contributed by atoms with E-state index in [1.807, 2.05) is 17.9 Å². The zero-order valence-corrected chi connectivity index (χ0v) is 14.6. The van der Waals surface area contributed by atoms with Crippen molar-refractivity contribution in [2.75, 3.05) is 19.7 Å².